The monoisotopic (exact) mass is 551 g/mol. The number of benzene rings is 1. The summed E-state index contributed by atoms with van der Waals surface area (Å²) in [5.74, 6) is -4.34. The number of esters is 2. The van der Waals surface area contributed by atoms with Crippen LogP contribution in [0.3, 0.4) is 0 Å². The van der Waals surface area contributed by atoms with Gasteiger partial charge in [0.2, 0.25) is 0 Å². The summed E-state index contributed by atoms with van der Waals surface area (Å²) < 4.78 is 21.7. The highest BCUT2D eigenvalue weighted by Crippen LogP contribution is 2.37. The van der Waals surface area contributed by atoms with Gasteiger partial charge in [-0.2, -0.15) is 0 Å². The SMILES string of the molecule is CCC(C)COC(=O)OC(C)C(C)C(c1ccc(OC(=O)C(C)CC)c(OC(=O)C(C)CC)c1)[C@H](N)C(=O)O. The molecule has 0 aliphatic rings. The van der Waals surface area contributed by atoms with Crippen LogP contribution in [-0.2, 0) is 23.9 Å². The number of aliphatic carboxylic acids is 1. The van der Waals surface area contributed by atoms with E-state index in [4.69, 9.17) is 24.7 Å². The minimum Gasteiger partial charge on any atom is -0.480 e. The number of hydrogen-bond acceptors (Lipinski definition) is 9. The van der Waals surface area contributed by atoms with Crippen LogP contribution in [0.15, 0.2) is 18.2 Å². The summed E-state index contributed by atoms with van der Waals surface area (Å²) in [6, 6.07) is 3.10. The number of carboxylic acids is 1. The van der Waals surface area contributed by atoms with E-state index in [0.717, 1.165) is 6.42 Å². The highest BCUT2D eigenvalue weighted by molar-refractivity contribution is 5.79. The fourth-order valence-electron chi connectivity index (χ4n) is 3.55. The van der Waals surface area contributed by atoms with Crippen LogP contribution in [0.1, 0.15) is 86.1 Å². The molecular weight excluding hydrogens is 506 g/mol. The van der Waals surface area contributed by atoms with Gasteiger partial charge in [-0.1, -0.05) is 61.0 Å². The maximum absolute atomic E-state index is 12.6. The van der Waals surface area contributed by atoms with Crippen LogP contribution >= 0.6 is 0 Å². The van der Waals surface area contributed by atoms with Crippen LogP contribution in [0.4, 0.5) is 4.79 Å². The molecule has 0 amide bonds. The summed E-state index contributed by atoms with van der Waals surface area (Å²) in [6.07, 6.45) is 0.309. The predicted molar refractivity (Wildman–Crippen MR) is 145 cm³/mol. The zero-order valence-electron chi connectivity index (χ0n) is 24.4. The van der Waals surface area contributed by atoms with Crippen molar-refractivity contribution in [3.05, 3.63) is 23.8 Å². The topological polar surface area (TPSA) is 151 Å². The predicted octanol–water partition coefficient (Wildman–Crippen LogP) is 5.31. The van der Waals surface area contributed by atoms with Gasteiger partial charge in [-0.05, 0) is 43.4 Å². The summed E-state index contributed by atoms with van der Waals surface area (Å²) in [6.45, 7) is 14.6. The normalized spacial score (nSPS) is 16.5. The molecule has 1 rings (SSSR count). The van der Waals surface area contributed by atoms with Crippen molar-refractivity contribution in [1.82, 2.24) is 0 Å². The van der Waals surface area contributed by atoms with Crippen LogP contribution in [0.5, 0.6) is 11.5 Å². The average molecular weight is 552 g/mol. The van der Waals surface area contributed by atoms with Crippen molar-refractivity contribution in [2.24, 2.45) is 29.4 Å². The first-order chi connectivity index (χ1) is 18.3. The first-order valence-corrected chi connectivity index (χ1v) is 13.7. The molecule has 0 radical (unpaired) electrons. The van der Waals surface area contributed by atoms with Gasteiger partial charge in [0.25, 0.3) is 0 Å². The molecule has 0 saturated heterocycles. The van der Waals surface area contributed by atoms with E-state index in [2.05, 4.69) is 0 Å². The number of carboxylic acid groups (broad SMARTS) is 1. The van der Waals surface area contributed by atoms with Gasteiger partial charge in [-0.25, -0.2) is 4.79 Å². The van der Waals surface area contributed by atoms with Crippen molar-refractivity contribution in [2.45, 2.75) is 92.7 Å². The smallest absolute Gasteiger partial charge is 0.480 e. The summed E-state index contributed by atoms with van der Waals surface area (Å²) in [4.78, 5) is 49.3. The molecule has 0 bridgehead atoms. The minimum absolute atomic E-state index is 0.0224. The Morgan fingerprint density at radius 1 is 0.846 bits per heavy atom. The molecule has 0 spiro atoms. The molecule has 0 fully saturated rings. The number of carbonyl (C=O) groups excluding carboxylic acids is 3. The third-order valence-corrected chi connectivity index (χ3v) is 7.25. The molecule has 3 N–H and O–H groups in total. The Morgan fingerprint density at radius 3 is 1.87 bits per heavy atom. The number of nitrogens with two attached hydrogens (primary N) is 1. The first kappa shape index (κ1) is 33.9. The van der Waals surface area contributed by atoms with Gasteiger partial charge in [0.1, 0.15) is 12.1 Å². The number of hydrogen-bond donors (Lipinski definition) is 2. The van der Waals surface area contributed by atoms with E-state index in [-0.39, 0.29) is 29.9 Å². The summed E-state index contributed by atoms with van der Waals surface area (Å²) in [7, 11) is 0. The highest BCUT2D eigenvalue weighted by atomic mass is 16.7. The van der Waals surface area contributed by atoms with E-state index in [1.165, 1.54) is 12.1 Å². The number of rotatable bonds is 15. The lowest BCUT2D eigenvalue weighted by Gasteiger charge is -2.31. The van der Waals surface area contributed by atoms with Crippen LogP contribution in [0, 0.1) is 23.7 Å². The van der Waals surface area contributed by atoms with Crippen LogP contribution in [0.2, 0.25) is 0 Å². The van der Waals surface area contributed by atoms with Crippen molar-refractivity contribution in [2.75, 3.05) is 6.61 Å². The van der Waals surface area contributed by atoms with Crippen LogP contribution in [0.25, 0.3) is 0 Å². The Hall–Kier alpha value is -3.14. The molecular formula is C29H45NO9. The van der Waals surface area contributed by atoms with Crippen LogP contribution in [-0.4, -0.2) is 47.9 Å². The lowest BCUT2D eigenvalue weighted by molar-refractivity contribution is -0.141. The first-order valence-electron chi connectivity index (χ1n) is 13.7. The Kier molecular flexibility index (Phi) is 14.0. The number of ether oxygens (including phenoxy) is 4. The standard InChI is InChI=1S/C29H45NO9/c1-9-16(4)15-36-29(35)37-20(8)19(7)24(25(30)26(31)32)21-12-13-22(38-27(33)17(5)10-2)23(14-21)39-28(34)18(6)11-3/h12-14,16-20,24-25H,9-11,15,30H2,1-8H3,(H,31,32)/t16?,17?,18?,19?,20?,24?,25-/m0/s1. The fraction of sp³-hybridized carbons (Fsp3) is 0.655. The molecule has 1 aromatic rings. The lowest BCUT2D eigenvalue weighted by Crippen LogP contribution is -2.42. The maximum atomic E-state index is 12.6. The van der Waals surface area contributed by atoms with E-state index in [0.29, 0.717) is 18.4 Å². The van der Waals surface area contributed by atoms with Crippen molar-refractivity contribution >= 4 is 24.1 Å². The number of carbonyl (C=O) groups is 4. The van der Waals surface area contributed by atoms with Gasteiger partial charge in [-0.15, -0.1) is 0 Å². The summed E-state index contributed by atoms with van der Waals surface area (Å²) in [5, 5.41) is 9.77. The molecule has 0 saturated carbocycles. The Labute approximate surface area is 231 Å². The molecule has 0 aliphatic heterocycles. The molecule has 7 atom stereocenters. The van der Waals surface area contributed by atoms with Gasteiger partial charge in [0, 0.05) is 11.8 Å². The molecule has 6 unspecified atom stereocenters. The molecule has 39 heavy (non-hydrogen) atoms. The lowest BCUT2D eigenvalue weighted by atomic mass is 9.79. The second-order valence-corrected chi connectivity index (χ2v) is 10.3. The van der Waals surface area contributed by atoms with E-state index < -0.39 is 54.0 Å². The van der Waals surface area contributed by atoms with E-state index in [9.17, 15) is 24.3 Å². The average Bonchev–Trinajstić information content (AvgIpc) is 2.91. The largest absolute Gasteiger partial charge is 0.508 e. The second-order valence-electron chi connectivity index (χ2n) is 10.3. The van der Waals surface area contributed by atoms with E-state index >= 15 is 0 Å². The van der Waals surface area contributed by atoms with Gasteiger partial charge >= 0.3 is 24.1 Å². The fourth-order valence-corrected chi connectivity index (χ4v) is 3.55. The summed E-state index contributed by atoms with van der Waals surface area (Å²) >= 11 is 0. The van der Waals surface area contributed by atoms with E-state index in [1.807, 2.05) is 27.7 Å². The third-order valence-electron chi connectivity index (χ3n) is 7.25. The van der Waals surface area contributed by atoms with Gasteiger partial charge < -0.3 is 29.8 Å². The zero-order chi connectivity index (χ0) is 29.9. The second kappa shape index (κ2) is 16.1. The maximum Gasteiger partial charge on any atom is 0.508 e. The molecule has 0 aliphatic carbocycles. The van der Waals surface area contributed by atoms with Crippen molar-refractivity contribution in [3.8, 4) is 11.5 Å². The molecule has 1 aromatic carbocycles. The Morgan fingerprint density at radius 2 is 1.38 bits per heavy atom. The van der Waals surface area contributed by atoms with Gasteiger partial charge in [-0.3, -0.25) is 14.4 Å². The minimum atomic E-state index is -1.38. The Bertz CT molecular complexity index is 980. The van der Waals surface area contributed by atoms with Crippen LogP contribution < -0.4 is 15.2 Å². The van der Waals surface area contributed by atoms with Gasteiger partial charge in [0.15, 0.2) is 11.5 Å². The van der Waals surface area contributed by atoms with Crippen molar-refractivity contribution < 1.29 is 43.2 Å². The van der Waals surface area contributed by atoms with E-state index in [1.54, 1.807) is 33.8 Å². The third kappa shape index (κ3) is 10.2. The molecule has 10 nitrogen and oxygen atoms in total. The van der Waals surface area contributed by atoms with Crippen molar-refractivity contribution in [3.63, 3.8) is 0 Å². The molecule has 10 heteroatoms. The van der Waals surface area contributed by atoms with Gasteiger partial charge in [0.05, 0.1) is 18.4 Å². The quantitative estimate of drug-likeness (QED) is 0.217. The highest BCUT2D eigenvalue weighted by Gasteiger charge is 2.36. The summed E-state index contributed by atoms with van der Waals surface area (Å²) in [5.41, 5.74) is 6.52. The van der Waals surface area contributed by atoms with Crippen molar-refractivity contribution in [1.29, 1.82) is 0 Å². The molecule has 0 heterocycles. The zero-order valence-corrected chi connectivity index (χ0v) is 24.4. The molecule has 220 valence electrons. The Balaban J connectivity index is 3.41. The molecule has 0 aromatic heterocycles.